The molecule has 0 unspecified atom stereocenters. The zero-order chi connectivity index (χ0) is 17.8. The molecule has 2 aromatic heterocycles. The standard InChI is InChI=1S/C16H15N5O4/c22-13(17-6-5-11-7-18-16(25)20-14(11)23)9-21-15(24)12-4-2-1-3-10(12)8-19-21/h1-4,7-8H,5-6,9H2,(H,17,22)(H2,18,20,23,25). The molecule has 0 aliphatic rings. The summed E-state index contributed by atoms with van der Waals surface area (Å²) in [5.41, 5.74) is -1.07. The van der Waals surface area contributed by atoms with Crippen molar-refractivity contribution in [2.24, 2.45) is 0 Å². The van der Waals surface area contributed by atoms with Crippen molar-refractivity contribution in [2.75, 3.05) is 6.54 Å². The van der Waals surface area contributed by atoms with Gasteiger partial charge in [0.15, 0.2) is 0 Å². The minimum atomic E-state index is -0.584. The molecule has 2 heterocycles. The van der Waals surface area contributed by atoms with Crippen molar-refractivity contribution < 1.29 is 4.79 Å². The van der Waals surface area contributed by atoms with Crippen LogP contribution in [0.3, 0.4) is 0 Å². The van der Waals surface area contributed by atoms with Crippen LogP contribution in [0.15, 0.2) is 51.0 Å². The average molecular weight is 341 g/mol. The number of H-pyrrole nitrogens is 2. The lowest BCUT2D eigenvalue weighted by molar-refractivity contribution is -0.121. The topological polar surface area (TPSA) is 130 Å². The first-order chi connectivity index (χ1) is 12.0. The average Bonchev–Trinajstić information content (AvgIpc) is 2.59. The molecule has 1 aromatic carbocycles. The number of carbonyl (C=O) groups excluding carboxylic acids is 1. The van der Waals surface area contributed by atoms with Gasteiger partial charge in [-0.3, -0.25) is 19.4 Å². The number of nitrogens with zero attached hydrogens (tertiary/aromatic N) is 2. The first kappa shape index (κ1) is 16.4. The highest BCUT2D eigenvalue weighted by Gasteiger charge is 2.08. The van der Waals surface area contributed by atoms with E-state index in [1.54, 1.807) is 24.3 Å². The second kappa shape index (κ2) is 6.95. The van der Waals surface area contributed by atoms with Crippen LogP contribution in [0.5, 0.6) is 0 Å². The molecule has 3 rings (SSSR count). The number of aromatic amines is 2. The lowest BCUT2D eigenvalue weighted by Gasteiger charge is -2.07. The Morgan fingerprint density at radius 1 is 1.20 bits per heavy atom. The Morgan fingerprint density at radius 3 is 2.80 bits per heavy atom. The van der Waals surface area contributed by atoms with Crippen molar-refractivity contribution in [1.82, 2.24) is 25.1 Å². The van der Waals surface area contributed by atoms with Crippen LogP contribution in [-0.2, 0) is 17.8 Å². The van der Waals surface area contributed by atoms with Gasteiger partial charge < -0.3 is 10.3 Å². The fourth-order valence-electron chi connectivity index (χ4n) is 2.39. The van der Waals surface area contributed by atoms with E-state index in [4.69, 9.17) is 0 Å². The Balaban J connectivity index is 1.63. The summed E-state index contributed by atoms with van der Waals surface area (Å²) in [4.78, 5) is 51.2. The van der Waals surface area contributed by atoms with Gasteiger partial charge in [0.25, 0.3) is 11.1 Å². The third-order valence-electron chi connectivity index (χ3n) is 3.67. The molecule has 1 amide bonds. The van der Waals surface area contributed by atoms with E-state index in [-0.39, 0.29) is 25.1 Å². The van der Waals surface area contributed by atoms with Crippen LogP contribution in [0.4, 0.5) is 0 Å². The molecule has 0 spiro atoms. The number of benzene rings is 1. The molecule has 25 heavy (non-hydrogen) atoms. The molecule has 0 saturated heterocycles. The van der Waals surface area contributed by atoms with Crippen molar-refractivity contribution >= 4 is 16.7 Å². The summed E-state index contributed by atoms with van der Waals surface area (Å²) in [6, 6.07) is 7.00. The molecular formula is C16H15N5O4. The zero-order valence-corrected chi connectivity index (χ0v) is 13.1. The molecule has 0 radical (unpaired) electrons. The van der Waals surface area contributed by atoms with Crippen molar-refractivity contribution in [2.45, 2.75) is 13.0 Å². The van der Waals surface area contributed by atoms with Gasteiger partial charge in [-0.1, -0.05) is 18.2 Å². The number of hydrogen-bond acceptors (Lipinski definition) is 5. The van der Waals surface area contributed by atoms with Gasteiger partial charge in [0.05, 0.1) is 11.6 Å². The van der Waals surface area contributed by atoms with Crippen molar-refractivity contribution in [3.63, 3.8) is 0 Å². The molecule has 0 aliphatic carbocycles. The van der Waals surface area contributed by atoms with E-state index < -0.39 is 17.2 Å². The van der Waals surface area contributed by atoms with E-state index in [2.05, 4.69) is 20.4 Å². The lowest BCUT2D eigenvalue weighted by atomic mass is 10.2. The zero-order valence-electron chi connectivity index (χ0n) is 13.1. The van der Waals surface area contributed by atoms with Crippen LogP contribution in [0.1, 0.15) is 5.56 Å². The minimum Gasteiger partial charge on any atom is -0.354 e. The predicted octanol–water partition coefficient (Wildman–Crippen LogP) is -0.868. The fraction of sp³-hybridized carbons (Fsp3) is 0.188. The van der Waals surface area contributed by atoms with Crippen molar-refractivity contribution in [3.05, 3.63) is 73.4 Å². The lowest BCUT2D eigenvalue weighted by Crippen LogP contribution is -2.35. The van der Waals surface area contributed by atoms with Crippen LogP contribution in [0.2, 0.25) is 0 Å². The Labute approximate surface area is 140 Å². The summed E-state index contributed by atoms with van der Waals surface area (Å²) in [5, 5.41) is 7.80. The SMILES string of the molecule is O=C(Cn1ncc2ccccc2c1=O)NCCc1c[nH]c(=O)[nH]c1=O. The molecule has 0 fully saturated rings. The molecule has 128 valence electrons. The second-order valence-corrected chi connectivity index (χ2v) is 5.39. The van der Waals surface area contributed by atoms with Crippen molar-refractivity contribution in [1.29, 1.82) is 0 Å². The van der Waals surface area contributed by atoms with Gasteiger partial charge in [-0.15, -0.1) is 0 Å². The normalized spacial score (nSPS) is 10.7. The maximum atomic E-state index is 12.3. The second-order valence-electron chi connectivity index (χ2n) is 5.39. The van der Waals surface area contributed by atoms with Crippen LogP contribution in [0.25, 0.3) is 10.8 Å². The molecule has 0 saturated carbocycles. The summed E-state index contributed by atoms with van der Waals surface area (Å²) in [6.07, 6.45) is 3.09. The van der Waals surface area contributed by atoms with Gasteiger partial charge >= 0.3 is 5.69 Å². The summed E-state index contributed by atoms with van der Waals surface area (Å²) >= 11 is 0. The van der Waals surface area contributed by atoms with Gasteiger partial charge in [-0.2, -0.15) is 5.10 Å². The fourth-order valence-corrected chi connectivity index (χ4v) is 2.39. The maximum Gasteiger partial charge on any atom is 0.325 e. The molecule has 0 bridgehead atoms. The predicted molar refractivity (Wildman–Crippen MR) is 90.4 cm³/mol. The van der Waals surface area contributed by atoms with E-state index in [1.165, 1.54) is 12.4 Å². The molecule has 0 atom stereocenters. The smallest absolute Gasteiger partial charge is 0.325 e. The van der Waals surface area contributed by atoms with Gasteiger partial charge in [-0.05, 0) is 12.5 Å². The third kappa shape index (κ3) is 3.71. The molecule has 3 aromatic rings. The summed E-state index contributed by atoms with van der Waals surface area (Å²) < 4.78 is 1.09. The summed E-state index contributed by atoms with van der Waals surface area (Å²) in [7, 11) is 0. The molecular weight excluding hydrogens is 326 g/mol. The third-order valence-corrected chi connectivity index (χ3v) is 3.67. The van der Waals surface area contributed by atoms with Gasteiger partial charge in [0.2, 0.25) is 5.91 Å². The van der Waals surface area contributed by atoms with E-state index in [9.17, 15) is 19.2 Å². The highest BCUT2D eigenvalue weighted by atomic mass is 16.2. The Kier molecular flexibility index (Phi) is 4.55. The van der Waals surface area contributed by atoms with Gasteiger partial charge in [0, 0.05) is 23.7 Å². The number of fused-ring (bicyclic) bond motifs is 1. The van der Waals surface area contributed by atoms with E-state index in [0.29, 0.717) is 16.3 Å². The summed E-state index contributed by atoms with van der Waals surface area (Å²) in [5.74, 6) is -0.397. The van der Waals surface area contributed by atoms with Crippen LogP contribution in [0, 0.1) is 0 Å². The highest BCUT2D eigenvalue weighted by Crippen LogP contribution is 2.06. The first-order valence-electron chi connectivity index (χ1n) is 7.57. The van der Waals surface area contributed by atoms with Gasteiger partial charge in [0.1, 0.15) is 6.54 Å². The minimum absolute atomic E-state index is 0.191. The van der Waals surface area contributed by atoms with Crippen LogP contribution >= 0.6 is 0 Å². The highest BCUT2D eigenvalue weighted by molar-refractivity contribution is 5.81. The number of nitrogens with one attached hydrogen (secondary N) is 3. The van der Waals surface area contributed by atoms with Crippen LogP contribution < -0.4 is 22.1 Å². The Morgan fingerprint density at radius 2 is 2.00 bits per heavy atom. The summed E-state index contributed by atoms with van der Waals surface area (Å²) in [6.45, 7) is -0.0259. The van der Waals surface area contributed by atoms with Crippen molar-refractivity contribution in [3.8, 4) is 0 Å². The molecule has 9 nitrogen and oxygen atoms in total. The van der Waals surface area contributed by atoms with E-state index >= 15 is 0 Å². The van der Waals surface area contributed by atoms with E-state index in [0.717, 1.165) is 4.68 Å². The monoisotopic (exact) mass is 341 g/mol. The molecule has 0 aliphatic heterocycles. The number of aromatic nitrogens is 4. The van der Waals surface area contributed by atoms with Crippen LogP contribution in [-0.4, -0.2) is 32.2 Å². The molecule has 9 heteroatoms. The Bertz CT molecular complexity index is 1100. The number of hydrogen-bond donors (Lipinski definition) is 3. The largest absolute Gasteiger partial charge is 0.354 e. The van der Waals surface area contributed by atoms with E-state index in [1.807, 2.05) is 0 Å². The van der Waals surface area contributed by atoms with Gasteiger partial charge in [-0.25, -0.2) is 9.48 Å². The number of rotatable bonds is 5. The Hall–Kier alpha value is -3.49. The number of carbonyl (C=O) groups is 1. The molecule has 3 N–H and O–H groups in total. The number of amides is 1. The quantitative estimate of drug-likeness (QED) is 0.555. The maximum absolute atomic E-state index is 12.3. The first-order valence-corrected chi connectivity index (χ1v) is 7.57.